The largest absolute Gasteiger partial charge is 0.310 e. The quantitative estimate of drug-likeness (QED) is 0.772. The van der Waals surface area contributed by atoms with Gasteiger partial charge in [-0.05, 0) is 59.4 Å². The van der Waals surface area contributed by atoms with E-state index in [0.717, 1.165) is 19.4 Å². The highest BCUT2D eigenvalue weighted by Crippen LogP contribution is 2.32. The smallest absolute Gasteiger partial charge is 0.0704 e. The van der Waals surface area contributed by atoms with Gasteiger partial charge in [0.25, 0.3) is 0 Å². The number of aryl methyl sites for hydroxylation is 1. The summed E-state index contributed by atoms with van der Waals surface area (Å²) in [5.41, 5.74) is 2.81. The molecule has 1 nitrogen and oxygen atoms in total. The molecule has 0 aliphatic rings. The van der Waals surface area contributed by atoms with Gasteiger partial charge >= 0.3 is 0 Å². The molecular formula is C16H20BrNS. The van der Waals surface area contributed by atoms with Crippen LogP contribution in [0.2, 0.25) is 0 Å². The van der Waals surface area contributed by atoms with Crippen molar-refractivity contribution in [3.8, 4) is 0 Å². The molecule has 102 valence electrons. The number of hydrogen-bond acceptors (Lipinski definition) is 2. The van der Waals surface area contributed by atoms with Crippen molar-refractivity contribution in [1.29, 1.82) is 0 Å². The summed E-state index contributed by atoms with van der Waals surface area (Å²) in [6.45, 7) is 5.48. The SMILES string of the molecule is CCCNC(Cc1ccccc1)c1cc(Br)sc1C. The summed E-state index contributed by atoms with van der Waals surface area (Å²) in [6.07, 6.45) is 2.21. The Hall–Kier alpha value is -0.640. The van der Waals surface area contributed by atoms with Gasteiger partial charge in [0.05, 0.1) is 3.79 Å². The van der Waals surface area contributed by atoms with E-state index in [1.165, 1.54) is 19.8 Å². The highest BCUT2D eigenvalue weighted by molar-refractivity contribution is 9.11. The normalized spacial score (nSPS) is 12.6. The summed E-state index contributed by atoms with van der Waals surface area (Å²) in [4.78, 5) is 1.40. The van der Waals surface area contributed by atoms with Crippen molar-refractivity contribution in [3.05, 3.63) is 56.2 Å². The lowest BCUT2D eigenvalue weighted by atomic mass is 9.99. The Morgan fingerprint density at radius 3 is 2.58 bits per heavy atom. The van der Waals surface area contributed by atoms with Crippen LogP contribution in [-0.2, 0) is 6.42 Å². The Morgan fingerprint density at radius 2 is 2.00 bits per heavy atom. The molecule has 3 heteroatoms. The van der Waals surface area contributed by atoms with Crippen LogP contribution in [0.4, 0.5) is 0 Å². The number of benzene rings is 1. The van der Waals surface area contributed by atoms with Gasteiger partial charge in [0.15, 0.2) is 0 Å². The van der Waals surface area contributed by atoms with E-state index in [2.05, 4.69) is 71.5 Å². The summed E-state index contributed by atoms with van der Waals surface area (Å²) in [5.74, 6) is 0. The number of thiophene rings is 1. The van der Waals surface area contributed by atoms with Crippen molar-refractivity contribution < 1.29 is 0 Å². The Morgan fingerprint density at radius 1 is 1.26 bits per heavy atom. The summed E-state index contributed by atoms with van der Waals surface area (Å²) in [7, 11) is 0. The van der Waals surface area contributed by atoms with Crippen LogP contribution in [-0.4, -0.2) is 6.54 Å². The molecule has 0 aliphatic carbocycles. The van der Waals surface area contributed by atoms with E-state index < -0.39 is 0 Å². The molecule has 0 saturated heterocycles. The Kier molecular flexibility index (Phi) is 5.61. The molecule has 1 aromatic carbocycles. The summed E-state index contributed by atoms with van der Waals surface area (Å²) in [6, 6.07) is 13.4. The molecule has 0 bridgehead atoms. The van der Waals surface area contributed by atoms with Crippen molar-refractivity contribution in [1.82, 2.24) is 5.32 Å². The van der Waals surface area contributed by atoms with Crippen LogP contribution in [0.15, 0.2) is 40.2 Å². The third-order valence-electron chi connectivity index (χ3n) is 3.22. The van der Waals surface area contributed by atoms with Gasteiger partial charge in [-0.25, -0.2) is 0 Å². The molecular weight excluding hydrogens is 318 g/mol. The van der Waals surface area contributed by atoms with Gasteiger partial charge in [0.1, 0.15) is 0 Å². The lowest BCUT2D eigenvalue weighted by molar-refractivity contribution is 0.529. The van der Waals surface area contributed by atoms with E-state index >= 15 is 0 Å². The fourth-order valence-electron chi connectivity index (χ4n) is 2.26. The first-order valence-corrected chi connectivity index (χ1v) is 8.34. The minimum absolute atomic E-state index is 0.407. The molecule has 0 radical (unpaired) electrons. The lowest BCUT2D eigenvalue weighted by Gasteiger charge is -2.19. The molecule has 2 rings (SSSR count). The van der Waals surface area contributed by atoms with Gasteiger partial charge in [0, 0.05) is 10.9 Å². The minimum Gasteiger partial charge on any atom is -0.310 e. The molecule has 0 spiro atoms. The molecule has 0 aliphatic heterocycles. The topological polar surface area (TPSA) is 12.0 Å². The Bertz CT molecular complexity index is 507. The van der Waals surface area contributed by atoms with Crippen molar-refractivity contribution in [2.24, 2.45) is 0 Å². The van der Waals surface area contributed by atoms with Crippen LogP contribution in [0, 0.1) is 6.92 Å². The summed E-state index contributed by atoms with van der Waals surface area (Å²) < 4.78 is 1.22. The maximum atomic E-state index is 3.67. The molecule has 0 amide bonds. The zero-order chi connectivity index (χ0) is 13.7. The van der Waals surface area contributed by atoms with Crippen LogP contribution in [0.5, 0.6) is 0 Å². The summed E-state index contributed by atoms with van der Waals surface area (Å²) >= 11 is 5.41. The van der Waals surface area contributed by atoms with Gasteiger partial charge in [-0.2, -0.15) is 0 Å². The second-order valence-electron chi connectivity index (χ2n) is 4.76. The highest BCUT2D eigenvalue weighted by Gasteiger charge is 2.16. The molecule has 1 N–H and O–H groups in total. The summed E-state index contributed by atoms with van der Waals surface area (Å²) in [5, 5.41) is 3.67. The fraction of sp³-hybridized carbons (Fsp3) is 0.375. The molecule has 2 aromatic rings. The van der Waals surface area contributed by atoms with Crippen molar-refractivity contribution in [3.63, 3.8) is 0 Å². The van der Waals surface area contributed by atoms with E-state index in [1.807, 2.05) is 11.3 Å². The first-order valence-electron chi connectivity index (χ1n) is 6.74. The first kappa shape index (κ1) is 14.8. The van der Waals surface area contributed by atoms with Crippen LogP contribution in [0.1, 0.15) is 35.4 Å². The first-order chi connectivity index (χ1) is 9.20. The van der Waals surface area contributed by atoms with Gasteiger partial charge in [-0.15, -0.1) is 11.3 Å². The predicted octanol–water partition coefficient (Wildman–Crippen LogP) is 5.10. The van der Waals surface area contributed by atoms with Crippen molar-refractivity contribution >= 4 is 27.3 Å². The average Bonchev–Trinajstić information content (AvgIpc) is 2.75. The zero-order valence-corrected chi connectivity index (χ0v) is 13.9. The zero-order valence-electron chi connectivity index (χ0n) is 11.4. The van der Waals surface area contributed by atoms with E-state index in [4.69, 9.17) is 0 Å². The predicted molar refractivity (Wildman–Crippen MR) is 87.9 cm³/mol. The molecule has 1 unspecified atom stereocenters. The van der Waals surface area contributed by atoms with E-state index in [-0.39, 0.29) is 0 Å². The van der Waals surface area contributed by atoms with E-state index in [0.29, 0.717) is 6.04 Å². The van der Waals surface area contributed by atoms with Gasteiger partial charge in [-0.3, -0.25) is 0 Å². The van der Waals surface area contributed by atoms with Gasteiger partial charge in [-0.1, -0.05) is 37.3 Å². The second-order valence-corrected chi connectivity index (χ2v) is 7.39. The van der Waals surface area contributed by atoms with Crippen LogP contribution in [0.25, 0.3) is 0 Å². The second kappa shape index (κ2) is 7.22. The number of hydrogen-bond donors (Lipinski definition) is 1. The minimum atomic E-state index is 0.407. The third-order valence-corrected chi connectivity index (χ3v) is 4.79. The molecule has 0 saturated carbocycles. The van der Waals surface area contributed by atoms with Crippen molar-refractivity contribution in [2.75, 3.05) is 6.54 Å². The Balaban J connectivity index is 2.18. The van der Waals surface area contributed by atoms with Crippen LogP contribution < -0.4 is 5.32 Å². The van der Waals surface area contributed by atoms with Gasteiger partial charge < -0.3 is 5.32 Å². The number of halogens is 1. The molecule has 19 heavy (non-hydrogen) atoms. The van der Waals surface area contributed by atoms with E-state index in [1.54, 1.807) is 0 Å². The van der Waals surface area contributed by atoms with E-state index in [9.17, 15) is 0 Å². The lowest BCUT2D eigenvalue weighted by Crippen LogP contribution is -2.24. The van der Waals surface area contributed by atoms with Crippen molar-refractivity contribution in [2.45, 2.75) is 32.7 Å². The van der Waals surface area contributed by atoms with Crippen LogP contribution in [0.3, 0.4) is 0 Å². The molecule has 1 aromatic heterocycles. The maximum Gasteiger partial charge on any atom is 0.0704 e. The average molecular weight is 338 g/mol. The maximum absolute atomic E-state index is 3.67. The van der Waals surface area contributed by atoms with Crippen LogP contribution >= 0.6 is 27.3 Å². The molecule has 1 atom stereocenters. The highest BCUT2D eigenvalue weighted by atomic mass is 79.9. The fourth-order valence-corrected chi connectivity index (χ4v) is 4.04. The standard InChI is InChI=1S/C16H20BrNS/c1-3-9-18-15(10-13-7-5-4-6-8-13)14-11-16(17)19-12(14)2/h4-8,11,15,18H,3,9-10H2,1-2H3. The Labute approximate surface area is 128 Å². The monoisotopic (exact) mass is 337 g/mol. The third kappa shape index (κ3) is 4.16. The molecule has 0 fully saturated rings. The number of nitrogens with one attached hydrogen (secondary N) is 1. The molecule has 1 heterocycles. The van der Waals surface area contributed by atoms with Gasteiger partial charge in [0.2, 0.25) is 0 Å². The number of rotatable bonds is 6.